The van der Waals surface area contributed by atoms with E-state index in [1.54, 1.807) is 13.0 Å². The van der Waals surface area contributed by atoms with Crippen molar-refractivity contribution in [1.82, 2.24) is 9.80 Å². The first-order valence-corrected chi connectivity index (χ1v) is 8.01. The van der Waals surface area contributed by atoms with Gasteiger partial charge in [-0.05, 0) is 38.4 Å². The number of hydrogen-bond donors (Lipinski definition) is 1. The fourth-order valence-corrected chi connectivity index (χ4v) is 3.13. The number of alkyl halides is 3. The van der Waals surface area contributed by atoms with E-state index < -0.39 is 23.8 Å². The highest BCUT2D eigenvalue weighted by Gasteiger charge is 2.31. The maximum Gasteiger partial charge on any atom is 0.416 e. The number of carboxylic acids is 1. The van der Waals surface area contributed by atoms with Crippen LogP contribution >= 0.6 is 0 Å². The zero-order valence-corrected chi connectivity index (χ0v) is 13.9. The van der Waals surface area contributed by atoms with Crippen molar-refractivity contribution in [2.45, 2.75) is 44.6 Å². The lowest BCUT2D eigenvalue weighted by Gasteiger charge is -2.38. The summed E-state index contributed by atoms with van der Waals surface area (Å²) in [6, 6.07) is 5.15. The van der Waals surface area contributed by atoms with Crippen LogP contribution in [0.2, 0.25) is 0 Å². The van der Waals surface area contributed by atoms with Gasteiger partial charge in [0.2, 0.25) is 0 Å². The van der Waals surface area contributed by atoms with Crippen LogP contribution in [0.5, 0.6) is 0 Å². The van der Waals surface area contributed by atoms with Gasteiger partial charge in [0.1, 0.15) is 6.04 Å². The van der Waals surface area contributed by atoms with Crippen molar-refractivity contribution in [1.29, 1.82) is 0 Å². The number of carboxylic acid groups (broad SMARTS) is 1. The molecule has 4 nitrogen and oxygen atoms in total. The maximum absolute atomic E-state index is 12.8. The summed E-state index contributed by atoms with van der Waals surface area (Å²) >= 11 is 0. The average molecular weight is 344 g/mol. The first-order chi connectivity index (χ1) is 11.2. The maximum atomic E-state index is 12.8. The van der Waals surface area contributed by atoms with Crippen molar-refractivity contribution in [3.05, 3.63) is 35.4 Å². The molecule has 1 saturated heterocycles. The molecule has 0 aromatic heterocycles. The van der Waals surface area contributed by atoms with E-state index in [1.807, 2.05) is 11.9 Å². The molecule has 1 aliphatic heterocycles. The second kappa shape index (κ2) is 7.53. The van der Waals surface area contributed by atoms with Gasteiger partial charge in [-0.3, -0.25) is 14.6 Å². The van der Waals surface area contributed by atoms with Gasteiger partial charge >= 0.3 is 12.1 Å². The van der Waals surface area contributed by atoms with E-state index in [2.05, 4.69) is 4.90 Å². The Morgan fingerprint density at radius 2 is 2.00 bits per heavy atom. The minimum Gasteiger partial charge on any atom is -0.480 e. The van der Waals surface area contributed by atoms with E-state index in [4.69, 9.17) is 5.11 Å². The van der Waals surface area contributed by atoms with E-state index in [9.17, 15) is 18.0 Å². The van der Waals surface area contributed by atoms with Gasteiger partial charge in [0, 0.05) is 25.7 Å². The summed E-state index contributed by atoms with van der Waals surface area (Å²) in [4.78, 5) is 15.0. The van der Waals surface area contributed by atoms with E-state index in [-0.39, 0.29) is 6.04 Å². The summed E-state index contributed by atoms with van der Waals surface area (Å²) in [5.41, 5.74) is 0.00663. The second-order valence-electron chi connectivity index (χ2n) is 6.39. The van der Waals surface area contributed by atoms with Gasteiger partial charge in [-0.25, -0.2) is 0 Å². The van der Waals surface area contributed by atoms with Crippen molar-refractivity contribution in [3.8, 4) is 0 Å². The number of piperidine rings is 1. The summed E-state index contributed by atoms with van der Waals surface area (Å²) in [5.74, 6) is -0.828. The molecule has 134 valence electrons. The van der Waals surface area contributed by atoms with Crippen LogP contribution in [0.1, 0.15) is 30.9 Å². The van der Waals surface area contributed by atoms with Crippen molar-refractivity contribution in [3.63, 3.8) is 0 Å². The van der Waals surface area contributed by atoms with Gasteiger partial charge in [0.05, 0.1) is 5.56 Å². The molecule has 1 heterocycles. The number of halogens is 3. The molecule has 1 aromatic carbocycles. The molecule has 0 saturated carbocycles. The Morgan fingerprint density at radius 1 is 1.38 bits per heavy atom. The monoisotopic (exact) mass is 344 g/mol. The number of nitrogens with zero attached hydrogens (tertiary/aromatic N) is 2. The summed E-state index contributed by atoms with van der Waals surface area (Å²) in [6.07, 6.45) is -2.70. The van der Waals surface area contributed by atoms with Crippen LogP contribution in [-0.2, 0) is 17.5 Å². The minimum atomic E-state index is -4.33. The van der Waals surface area contributed by atoms with Crippen LogP contribution in [-0.4, -0.2) is 53.1 Å². The average Bonchev–Trinajstić information content (AvgIpc) is 2.53. The zero-order chi connectivity index (χ0) is 17.9. The van der Waals surface area contributed by atoms with Gasteiger partial charge < -0.3 is 5.11 Å². The molecule has 1 aliphatic rings. The number of likely N-dealkylation sites (tertiary alicyclic amines) is 1. The Kier molecular flexibility index (Phi) is 5.87. The molecule has 1 N–H and O–H groups in total. The largest absolute Gasteiger partial charge is 0.480 e. The van der Waals surface area contributed by atoms with Crippen LogP contribution < -0.4 is 0 Å². The standard InChI is InChI=1S/C17H23F3N2O2/c1-12(16(23)24)22-8-6-15(7-9-22)21(2)11-13-4-3-5-14(10-13)17(18,19)20/h3-5,10,12,15H,6-9,11H2,1-2H3,(H,23,24). The molecule has 1 atom stereocenters. The quantitative estimate of drug-likeness (QED) is 0.892. The van der Waals surface area contributed by atoms with Gasteiger partial charge in [-0.15, -0.1) is 0 Å². The fourth-order valence-electron chi connectivity index (χ4n) is 3.13. The SMILES string of the molecule is CC(C(=O)O)N1CCC(N(C)Cc2cccc(C(F)(F)F)c2)CC1. The molecule has 7 heteroatoms. The predicted molar refractivity (Wildman–Crippen MR) is 84.6 cm³/mol. The number of benzene rings is 1. The highest BCUT2D eigenvalue weighted by atomic mass is 19.4. The zero-order valence-electron chi connectivity index (χ0n) is 13.9. The van der Waals surface area contributed by atoms with E-state index >= 15 is 0 Å². The summed E-state index contributed by atoms with van der Waals surface area (Å²) in [6.45, 7) is 3.49. The van der Waals surface area contributed by atoms with E-state index in [0.717, 1.165) is 18.9 Å². The number of rotatable bonds is 5. The third kappa shape index (κ3) is 4.70. The lowest BCUT2D eigenvalue weighted by Crippen LogP contribution is -2.48. The van der Waals surface area contributed by atoms with Gasteiger partial charge in [-0.1, -0.05) is 18.2 Å². The van der Waals surface area contributed by atoms with Crippen molar-refractivity contribution < 1.29 is 23.1 Å². The molecule has 24 heavy (non-hydrogen) atoms. The van der Waals surface area contributed by atoms with Crippen LogP contribution in [0, 0.1) is 0 Å². The molecule has 1 aromatic rings. The highest BCUT2D eigenvalue weighted by molar-refractivity contribution is 5.72. The number of hydrogen-bond acceptors (Lipinski definition) is 3. The highest BCUT2D eigenvalue weighted by Crippen LogP contribution is 2.30. The molecule has 1 unspecified atom stereocenters. The number of carbonyl (C=O) groups is 1. The number of aliphatic carboxylic acids is 1. The van der Waals surface area contributed by atoms with E-state index in [0.29, 0.717) is 25.2 Å². The van der Waals surface area contributed by atoms with Gasteiger partial charge in [-0.2, -0.15) is 13.2 Å². The summed E-state index contributed by atoms with van der Waals surface area (Å²) in [5, 5.41) is 9.05. The van der Waals surface area contributed by atoms with Gasteiger partial charge in [0.25, 0.3) is 0 Å². The fraction of sp³-hybridized carbons (Fsp3) is 0.588. The Bertz CT molecular complexity index is 569. The lowest BCUT2D eigenvalue weighted by molar-refractivity contribution is -0.143. The van der Waals surface area contributed by atoms with Gasteiger partial charge in [0.15, 0.2) is 0 Å². The lowest BCUT2D eigenvalue weighted by atomic mass is 10.0. The molecule has 0 aliphatic carbocycles. The normalized spacial score (nSPS) is 18.8. The molecule has 0 bridgehead atoms. The second-order valence-corrected chi connectivity index (χ2v) is 6.39. The Balaban J connectivity index is 1.92. The molecular weight excluding hydrogens is 321 g/mol. The third-order valence-corrected chi connectivity index (χ3v) is 4.71. The molecule has 0 amide bonds. The molecule has 1 fully saturated rings. The third-order valence-electron chi connectivity index (χ3n) is 4.71. The van der Waals surface area contributed by atoms with Crippen LogP contribution in [0.3, 0.4) is 0 Å². The van der Waals surface area contributed by atoms with Crippen LogP contribution in [0.4, 0.5) is 13.2 Å². The smallest absolute Gasteiger partial charge is 0.416 e. The van der Waals surface area contributed by atoms with Crippen LogP contribution in [0.25, 0.3) is 0 Å². The molecule has 0 spiro atoms. The first-order valence-electron chi connectivity index (χ1n) is 8.01. The Hall–Kier alpha value is -1.60. The van der Waals surface area contributed by atoms with Crippen molar-refractivity contribution in [2.75, 3.05) is 20.1 Å². The minimum absolute atomic E-state index is 0.247. The molecule has 0 radical (unpaired) electrons. The van der Waals surface area contributed by atoms with Crippen LogP contribution in [0.15, 0.2) is 24.3 Å². The summed E-state index contributed by atoms with van der Waals surface area (Å²) in [7, 11) is 1.90. The topological polar surface area (TPSA) is 43.8 Å². The Labute approximate surface area is 139 Å². The molecular formula is C17H23F3N2O2. The molecule has 2 rings (SSSR count). The first kappa shape index (κ1) is 18.7. The van der Waals surface area contributed by atoms with Crippen molar-refractivity contribution in [2.24, 2.45) is 0 Å². The van der Waals surface area contributed by atoms with Crippen molar-refractivity contribution >= 4 is 5.97 Å². The Morgan fingerprint density at radius 3 is 2.54 bits per heavy atom. The van der Waals surface area contributed by atoms with E-state index in [1.165, 1.54) is 12.1 Å². The predicted octanol–water partition coefficient (Wildman–Crippen LogP) is 3.07. The summed E-state index contributed by atoms with van der Waals surface area (Å²) < 4.78 is 38.3.